The Balaban J connectivity index is 1.43. The van der Waals surface area contributed by atoms with Crippen LogP contribution in [-0.2, 0) is 11.4 Å². The fourth-order valence-corrected chi connectivity index (χ4v) is 5.87. The predicted octanol–water partition coefficient (Wildman–Crippen LogP) is 9.61. The molecule has 0 unspecified atom stereocenters. The van der Waals surface area contributed by atoms with Crippen molar-refractivity contribution in [1.29, 1.82) is 0 Å². The molecule has 1 fully saturated rings. The molecule has 4 nitrogen and oxygen atoms in total. The molecule has 0 N–H and O–H groups in total. The van der Waals surface area contributed by atoms with Gasteiger partial charge in [-0.2, -0.15) is 0 Å². The van der Waals surface area contributed by atoms with Crippen molar-refractivity contribution in [2.45, 2.75) is 20.5 Å². The van der Waals surface area contributed by atoms with Crippen molar-refractivity contribution in [3.8, 4) is 5.75 Å². The van der Waals surface area contributed by atoms with Gasteiger partial charge >= 0.3 is 0 Å². The van der Waals surface area contributed by atoms with Crippen molar-refractivity contribution >= 4 is 67.0 Å². The average Bonchev–Trinajstić information content (AvgIpc) is 3.29. The summed E-state index contributed by atoms with van der Waals surface area (Å²) in [6.45, 7) is 4.50. The molecule has 1 aliphatic heterocycles. The van der Waals surface area contributed by atoms with Crippen molar-refractivity contribution in [3.63, 3.8) is 0 Å². The molecule has 0 radical (unpaired) electrons. The van der Waals surface area contributed by atoms with E-state index in [-0.39, 0.29) is 5.91 Å². The second-order valence-electron chi connectivity index (χ2n) is 9.93. The second kappa shape index (κ2) is 11.8. The number of carbonyl (C=O) groups is 1. The van der Waals surface area contributed by atoms with E-state index in [1.165, 1.54) is 11.8 Å². The number of benzene rings is 5. The monoisotopic (exact) mass is 618 g/mol. The summed E-state index contributed by atoms with van der Waals surface area (Å²) < 4.78 is 7.37. The van der Waals surface area contributed by atoms with E-state index in [9.17, 15) is 4.79 Å². The van der Waals surface area contributed by atoms with Crippen LogP contribution < -0.4 is 9.64 Å². The zero-order valence-electron chi connectivity index (χ0n) is 22.7. The van der Waals surface area contributed by atoms with Gasteiger partial charge in [-0.05, 0) is 90.5 Å². The molecule has 5 aromatic rings. The maximum Gasteiger partial charge on any atom is 0.271 e. The van der Waals surface area contributed by atoms with Crippen molar-refractivity contribution in [3.05, 3.63) is 141 Å². The molecule has 1 amide bonds. The molecule has 6 heteroatoms. The Kier molecular flexibility index (Phi) is 7.77. The van der Waals surface area contributed by atoms with Gasteiger partial charge in [0, 0.05) is 10.0 Å². The number of anilines is 1. The summed E-state index contributed by atoms with van der Waals surface area (Å²) in [5.41, 5.74) is 5.80. The van der Waals surface area contributed by atoms with Gasteiger partial charge in [0.05, 0.1) is 16.3 Å². The van der Waals surface area contributed by atoms with Crippen LogP contribution in [-0.4, -0.2) is 11.1 Å². The largest absolute Gasteiger partial charge is 0.488 e. The maximum absolute atomic E-state index is 14.0. The van der Waals surface area contributed by atoms with Gasteiger partial charge in [0.1, 0.15) is 12.4 Å². The number of ether oxygens (including phenoxy) is 1. The number of hydrogen-bond acceptors (Lipinski definition) is 4. The molecule has 202 valence electrons. The third-order valence-electron chi connectivity index (χ3n) is 6.87. The van der Waals surface area contributed by atoms with Crippen LogP contribution in [0.25, 0.3) is 16.8 Å². The highest BCUT2D eigenvalue weighted by molar-refractivity contribution is 9.10. The lowest BCUT2D eigenvalue weighted by Crippen LogP contribution is -2.28. The summed E-state index contributed by atoms with van der Waals surface area (Å²) in [6, 6.07) is 36.2. The van der Waals surface area contributed by atoms with Gasteiger partial charge in [-0.3, -0.25) is 9.69 Å². The number of fused-ring (bicyclic) bond motifs is 1. The Morgan fingerprint density at radius 3 is 2.24 bits per heavy atom. The van der Waals surface area contributed by atoms with Crippen LogP contribution in [0, 0.1) is 13.8 Å². The van der Waals surface area contributed by atoms with Gasteiger partial charge in [0.25, 0.3) is 5.91 Å². The molecule has 0 aliphatic carbocycles. The summed E-state index contributed by atoms with van der Waals surface area (Å²) in [5, 5.41) is 2.72. The standard InChI is InChI=1S/C35H27BrN2O2S/c1-23-7-16-28(17-8-23)37-35-38(29-18-9-24(2)10-19-29)34(39)33(41-35)21-31-30-6-4-3-5-26(30)13-20-32(31)40-22-25-11-14-27(36)15-12-25/h3-21H,22H2,1-2H3/b33-21+,37-35?. The molecule has 0 saturated carbocycles. The van der Waals surface area contributed by atoms with Crippen LogP contribution in [0.5, 0.6) is 5.75 Å². The number of halogens is 1. The number of aryl methyl sites for hydroxylation is 2. The SMILES string of the molecule is Cc1ccc(N=C2S/C(=C/c3c(OCc4ccc(Br)cc4)ccc4ccccc34)C(=O)N2c2ccc(C)cc2)cc1. The third-order valence-corrected chi connectivity index (χ3v) is 8.37. The first-order valence-electron chi connectivity index (χ1n) is 13.3. The average molecular weight is 620 g/mol. The highest BCUT2D eigenvalue weighted by atomic mass is 79.9. The van der Waals surface area contributed by atoms with E-state index in [0.717, 1.165) is 54.6 Å². The van der Waals surface area contributed by atoms with Crippen LogP contribution in [0.3, 0.4) is 0 Å². The molecule has 0 bridgehead atoms. The topological polar surface area (TPSA) is 41.9 Å². The first kappa shape index (κ1) is 27.1. The van der Waals surface area contributed by atoms with Crippen LogP contribution in [0.4, 0.5) is 11.4 Å². The number of thioether (sulfide) groups is 1. The minimum Gasteiger partial charge on any atom is -0.488 e. The molecule has 1 heterocycles. The molecule has 0 aromatic heterocycles. The number of carbonyl (C=O) groups excluding carboxylic acids is 1. The van der Waals surface area contributed by atoms with E-state index in [2.05, 4.69) is 34.1 Å². The van der Waals surface area contributed by atoms with Gasteiger partial charge in [-0.1, -0.05) is 93.8 Å². The zero-order chi connectivity index (χ0) is 28.3. The maximum atomic E-state index is 14.0. The molecule has 41 heavy (non-hydrogen) atoms. The molecule has 6 rings (SSSR count). The summed E-state index contributed by atoms with van der Waals surface area (Å²) in [7, 11) is 0. The first-order valence-corrected chi connectivity index (χ1v) is 14.9. The molecule has 1 saturated heterocycles. The minimum absolute atomic E-state index is 0.114. The predicted molar refractivity (Wildman–Crippen MR) is 175 cm³/mol. The van der Waals surface area contributed by atoms with Gasteiger partial charge in [0.15, 0.2) is 5.17 Å². The zero-order valence-corrected chi connectivity index (χ0v) is 25.1. The van der Waals surface area contributed by atoms with Crippen LogP contribution >= 0.6 is 27.7 Å². The molecular weight excluding hydrogens is 592 g/mol. The summed E-state index contributed by atoms with van der Waals surface area (Å²) >= 11 is 4.87. The number of hydrogen-bond donors (Lipinski definition) is 0. The van der Waals surface area contributed by atoms with E-state index >= 15 is 0 Å². The lowest BCUT2D eigenvalue weighted by atomic mass is 10.0. The Labute approximate surface area is 252 Å². The lowest BCUT2D eigenvalue weighted by molar-refractivity contribution is -0.113. The molecule has 1 aliphatic rings. The Hall–Kier alpha value is -4.13. The third kappa shape index (κ3) is 5.99. The fourth-order valence-electron chi connectivity index (χ4n) is 4.62. The van der Waals surface area contributed by atoms with E-state index in [4.69, 9.17) is 9.73 Å². The summed E-state index contributed by atoms with van der Waals surface area (Å²) in [5.74, 6) is 0.606. The van der Waals surface area contributed by atoms with E-state index < -0.39 is 0 Å². The molecule has 5 aromatic carbocycles. The van der Waals surface area contributed by atoms with E-state index in [1.54, 1.807) is 4.90 Å². The van der Waals surface area contributed by atoms with Gasteiger partial charge < -0.3 is 4.74 Å². The number of nitrogens with zero attached hydrogens (tertiary/aromatic N) is 2. The van der Waals surface area contributed by atoms with Crippen LogP contribution in [0.2, 0.25) is 0 Å². The number of amides is 1. The number of rotatable bonds is 6. The van der Waals surface area contributed by atoms with Crippen molar-refractivity contribution in [2.75, 3.05) is 4.90 Å². The lowest BCUT2D eigenvalue weighted by Gasteiger charge is -2.16. The summed E-state index contributed by atoms with van der Waals surface area (Å²) in [6.07, 6.45) is 1.95. The van der Waals surface area contributed by atoms with Crippen LogP contribution in [0.15, 0.2) is 124 Å². The Morgan fingerprint density at radius 2 is 1.51 bits per heavy atom. The smallest absolute Gasteiger partial charge is 0.271 e. The van der Waals surface area contributed by atoms with E-state index in [0.29, 0.717) is 16.7 Å². The van der Waals surface area contributed by atoms with Crippen molar-refractivity contribution in [1.82, 2.24) is 0 Å². The minimum atomic E-state index is -0.114. The second-order valence-corrected chi connectivity index (χ2v) is 11.9. The normalized spacial score (nSPS) is 15.3. The van der Waals surface area contributed by atoms with Crippen molar-refractivity contribution < 1.29 is 9.53 Å². The molecule has 0 atom stereocenters. The first-order chi connectivity index (χ1) is 19.9. The Bertz CT molecular complexity index is 1790. The van der Waals surface area contributed by atoms with Gasteiger partial charge in [-0.25, -0.2) is 4.99 Å². The quantitative estimate of drug-likeness (QED) is 0.178. The molecule has 0 spiro atoms. The van der Waals surface area contributed by atoms with Crippen molar-refractivity contribution in [2.24, 2.45) is 4.99 Å². The van der Waals surface area contributed by atoms with Gasteiger partial charge in [-0.15, -0.1) is 0 Å². The highest BCUT2D eigenvalue weighted by Crippen LogP contribution is 2.40. The van der Waals surface area contributed by atoms with Gasteiger partial charge in [0.2, 0.25) is 0 Å². The summed E-state index contributed by atoms with van der Waals surface area (Å²) in [4.78, 5) is 21.2. The molecular formula is C35H27BrN2O2S. The number of amidine groups is 1. The Morgan fingerprint density at radius 1 is 0.829 bits per heavy atom. The van der Waals surface area contributed by atoms with E-state index in [1.807, 2.05) is 111 Å². The number of aliphatic imine (C=N–C) groups is 1. The van der Waals surface area contributed by atoms with Crippen LogP contribution in [0.1, 0.15) is 22.3 Å². The fraction of sp³-hybridized carbons (Fsp3) is 0.0857. The highest BCUT2D eigenvalue weighted by Gasteiger charge is 2.35.